The summed E-state index contributed by atoms with van der Waals surface area (Å²) in [6.45, 7) is 11.6. The lowest BCUT2D eigenvalue weighted by molar-refractivity contribution is 0.178. The lowest BCUT2D eigenvalue weighted by Gasteiger charge is -2.32. The van der Waals surface area contributed by atoms with E-state index in [0.29, 0.717) is 12.0 Å². The zero-order valence-electron chi connectivity index (χ0n) is 15.4. The lowest BCUT2D eigenvalue weighted by Crippen LogP contribution is -2.43. The summed E-state index contributed by atoms with van der Waals surface area (Å²) in [4.78, 5) is 15.0. The van der Waals surface area contributed by atoms with Gasteiger partial charge in [0, 0.05) is 18.3 Å². The molecule has 23 heavy (non-hydrogen) atoms. The summed E-state index contributed by atoms with van der Waals surface area (Å²) in [5.41, 5.74) is 4.51. The van der Waals surface area contributed by atoms with E-state index in [4.69, 9.17) is 0 Å². The number of urea groups is 1. The van der Waals surface area contributed by atoms with Gasteiger partial charge in [0.1, 0.15) is 0 Å². The highest BCUT2D eigenvalue weighted by Gasteiger charge is 2.26. The second-order valence-corrected chi connectivity index (χ2v) is 7.53. The summed E-state index contributed by atoms with van der Waals surface area (Å²) < 4.78 is 0. The number of carbonyl (C=O) groups is 1. The van der Waals surface area contributed by atoms with Crippen LogP contribution < -0.4 is 5.32 Å². The smallest absolute Gasteiger partial charge is 0.322 e. The Morgan fingerprint density at radius 2 is 1.83 bits per heavy atom. The zero-order chi connectivity index (χ0) is 17.0. The summed E-state index contributed by atoms with van der Waals surface area (Å²) in [5, 5.41) is 3.19. The van der Waals surface area contributed by atoms with Crippen molar-refractivity contribution >= 4 is 11.7 Å². The standard InChI is InChI=1S/C20H32N2O/c1-14(2)11-18-9-7-6-8-10-22(18)20(23)21-19-16(4)12-15(3)13-17(19)5/h12-14,18H,6-11H2,1-5H3,(H,21,23). The monoisotopic (exact) mass is 316 g/mol. The first-order valence-corrected chi connectivity index (χ1v) is 9.04. The van der Waals surface area contributed by atoms with Crippen LogP contribution in [0.4, 0.5) is 10.5 Å². The SMILES string of the molecule is Cc1cc(C)c(NC(=O)N2CCCCCC2CC(C)C)c(C)c1. The van der Waals surface area contributed by atoms with Crippen LogP contribution in [0.2, 0.25) is 0 Å². The van der Waals surface area contributed by atoms with E-state index in [1.165, 1.54) is 18.4 Å². The van der Waals surface area contributed by atoms with Gasteiger partial charge in [-0.3, -0.25) is 0 Å². The maximum Gasteiger partial charge on any atom is 0.322 e. The maximum atomic E-state index is 12.9. The number of hydrogen-bond donors (Lipinski definition) is 1. The Balaban J connectivity index is 2.17. The van der Waals surface area contributed by atoms with Crippen molar-refractivity contribution in [3.8, 4) is 0 Å². The Morgan fingerprint density at radius 3 is 2.43 bits per heavy atom. The van der Waals surface area contributed by atoms with Gasteiger partial charge in [0.25, 0.3) is 0 Å². The number of carbonyl (C=O) groups excluding carboxylic acids is 1. The van der Waals surface area contributed by atoms with Crippen LogP contribution in [0.15, 0.2) is 12.1 Å². The van der Waals surface area contributed by atoms with Gasteiger partial charge in [-0.2, -0.15) is 0 Å². The van der Waals surface area contributed by atoms with Crippen molar-refractivity contribution in [2.75, 3.05) is 11.9 Å². The van der Waals surface area contributed by atoms with E-state index in [-0.39, 0.29) is 6.03 Å². The van der Waals surface area contributed by atoms with Crippen LogP contribution in [0.1, 0.15) is 62.6 Å². The van der Waals surface area contributed by atoms with Gasteiger partial charge in [-0.1, -0.05) is 44.4 Å². The molecule has 0 aromatic heterocycles. The third kappa shape index (κ3) is 4.73. The first-order chi connectivity index (χ1) is 10.9. The van der Waals surface area contributed by atoms with E-state index >= 15 is 0 Å². The van der Waals surface area contributed by atoms with Gasteiger partial charge in [-0.15, -0.1) is 0 Å². The molecule has 1 saturated heterocycles. The third-order valence-electron chi connectivity index (χ3n) is 4.79. The van der Waals surface area contributed by atoms with Gasteiger partial charge < -0.3 is 10.2 Å². The van der Waals surface area contributed by atoms with Crippen LogP contribution in [0, 0.1) is 26.7 Å². The molecule has 3 nitrogen and oxygen atoms in total. The number of nitrogens with zero attached hydrogens (tertiary/aromatic N) is 1. The highest BCUT2D eigenvalue weighted by Crippen LogP contribution is 2.26. The fourth-order valence-electron chi connectivity index (χ4n) is 3.79. The maximum absolute atomic E-state index is 12.9. The molecule has 1 aromatic rings. The summed E-state index contributed by atoms with van der Waals surface area (Å²) in [6.07, 6.45) is 5.83. The molecule has 1 aromatic carbocycles. The molecule has 1 aliphatic rings. The second kappa shape index (κ2) is 7.85. The van der Waals surface area contributed by atoms with Gasteiger partial charge in [0.05, 0.1) is 0 Å². The summed E-state index contributed by atoms with van der Waals surface area (Å²) >= 11 is 0. The van der Waals surface area contributed by atoms with E-state index in [9.17, 15) is 4.79 Å². The van der Waals surface area contributed by atoms with Crippen molar-refractivity contribution in [1.82, 2.24) is 4.90 Å². The molecule has 1 aliphatic heterocycles. The van der Waals surface area contributed by atoms with Crippen LogP contribution in [0.25, 0.3) is 0 Å². The minimum absolute atomic E-state index is 0.0765. The van der Waals surface area contributed by atoms with Gasteiger partial charge in [-0.25, -0.2) is 4.79 Å². The molecule has 2 rings (SSSR count). The van der Waals surface area contributed by atoms with Crippen LogP contribution >= 0.6 is 0 Å². The first kappa shape index (κ1) is 17.8. The van der Waals surface area contributed by atoms with E-state index in [1.54, 1.807) is 0 Å². The average molecular weight is 316 g/mol. The fraction of sp³-hybridized carbons (Fsp3) is 0.650. The Kier molecular flexibility index (Phi) is 6.09. The molecule has 2 amide bonds. The van der Waals surface area contributed by atoms with E-state index in [1.807, 2.05) is 0 Å². The predicted octanol–water partition coefficient (Wildman–Crippen LogP) is 5.43. The molecule has 0 spiro atoms. The number of nitrogens with one attached hydrogen (secondary N) is 1. The Hall–Kier alpha value is -1.51. The van der Waals surface area contributed by atoms with Crippen molar-refractivity contribution in [1.29, 1.82) is 0 Å². The van der Waals surface area contributed by atoms with Gasteiger partial charge >= 0.3 is 6.03 Å². The number of amides is 2. The molecule has 3 heteroatoms. The van der Waals surface area contributed by atoms with Crippen LogP contribution in [-0.2, 0) is 0 Å². The third-order valence-corrected chi connectivity index (χ3v) is 4.79. The van der Waals surface area contributed by atoms with Crippen molar-refractivity contribution in [2.45, 2.75) is 72.8 Å². The van der Waals surface area contributed by atoms with Crippen molar-refractivity contribution < 1.29 is 4.79 Å². The largest absolute Gasteiger partial charge is 0.322 e. The zero-order valence-corrected chi connectivity index (χ0v) is 15.4. The minimum Gasteiger partial charge on any atom is -0.322 e. The second-order valence-electron chi connectivity index (χ2n) is 7.53. The molecule has 0 bridgehead atoms. The lowest BCUT2D eigenvalue weighted by atomic mass is 9.99. The minimum atomic E-state index is 0.0765. The molecule has 1 fully saturated rings. The van der Waals surface area contributed by atoms with Crippen LogP contribution in [0.5, 0.6) is 0 Å². The van der Waals surface area contributed by atoms with E-state index in [0.717, 1.165) is 42.6 Å². The van der Waals surface area contributed by atoms with Crippen molar-refractivity contribution in [3.63, 3.8) is 0 Å². The highest BCUT2D eigenvalue weighted by atomic mass is 16.2. The molecule has 0 aliphatic carbocycles. The predicted molar refractivity (Wildman–Crippen MR) is 98.1 cm³/mol. The average Bonchev–Trinajstić information content (AvgIpc) is 2.67. The summed E-state index contributed by atoms with van der Waals surface area (Å²) in [7, 11) is 0. The Morgan fingerprint density at radius 1 is 1.17 bits per heavy atom. The van der Waals surface area contributed by atoms with E-state index < -0.39 is 0 Å². The Labute approximate surface area is 141 Å². The summed E-state index contributed by atoms with van der Waals surface area (Å²) in [5.74, 6) is 0.622. The molecule has 1 atom stereocenters. The first-order valence-electron chi connectivity index (χ1n) is 9.04. The molecule has 0 saturated carbocycles. The summed E-state index contributed by atoms with van der Waals surface area (Å²) in [6, 6.07) is 4.73. The molecular weight excluding hydrogens is 284 g/mol. The van der Waals surface area contributed by atoms with Crippen LogP contribution in [0.3, 0.4) is 0 Å². The van der Waals surface area contributed by atoms with Gasteiger partial charge in [-0.05, 0) is 57.1 Å². The number of hydrogen-bond acceptors (Lipinski definition) is 1. The number of anilines is 1. The van der Waals surface area contributed by atoms with Crippen LogP contribution in [-0.4, -0.2) is 23.5 Å². The normalized spacial score (nSPS) is 18.9. The number of rotatable bonds is 3. The number of likely N-dealkylation sites (tertiary alicyclic amines) is 1. The molecule has 0 radical (unpaired) electrons. The van der Waals surface area contributed by atoms with Crippen molar-refractivity contribution in [2.24, 2.45) is 5.92 Å². The van der Waals surface area contributed by atoms with Gasteiger partial charge in [0.15, 0.2) is 0 Å². The van der Waals surface area contributed by atoms with Gasteiger partial charge in [0.2, 0.25) is 0 Å². The quantitative estimate of drug-likeness (QED) is 0.791. The molecule has 1 heterocycles. The Bertz CT molecular complexity index is 528. The highest BCUT2D eigenvalue weighted by molar-refractivity contribution is 5.91. The number of aryl methyl sites for hydroxylation is 3. The van der Waals surface area contributed by atoms with Crippen molar-refractivity contribution in [3.05, 3.63) is 28.8 Å². The molecule has 1 unspecified atom stereocenters. The molecular formula is C20H32N2O. The van der Waals surface area contributed by atoms with E-state index in [2.05, 4.69) is 57.0 Å². The fourth-order valence-corrected chi connectivity index (χ4v) is 3.79. The molecule has 128 valence electrons. The topological polar surface area (TPSA) is 32.3 Å². The molecule has 1 N–H and O–H groups in total. The number of benzene rings is 1.